The third kappa shape index (κ3) is 5.40. The lowest BCUT2D eigenvalue weighted by Crippen LogP contribution is -3.28. The van der Waals surface area contributed by atoms with Gasteiger partial charge in [0.05, 0.1) is 19.6 Å². The number of carbonyl (C=O) groups is 1. The van der Waals surface area contributed by atoms with E-state index in [1.807, 2.05) is 26.0 Å². The van der Waals surface area contributed by atoms with Crippen LogP contribution in [0.5, 0.6) is 0 Å². The van der Waals surface area contributed by atoms with Gasteiger partial charge in [-0.1, -0.05) is 6.07 Å². The van der Waals surface area contributed by atoms with Crippen molar-refractivity contribution in [2.75, 3.05) is 51.2 Å². The molecule has 0 saturated carbocycles. The lowest BCUT2D eigenvalue weighted by atomic mass is 10.1. The van der Waals surface area contributed by atoms with Crippen LogP contribution in [0.4, 0.5) is 5.69 Å². The van der Waals surface area contributed by atoms with E-state index in [9.17, 15) is 4.79 Å². The predicted octanol–water partition coefficient (Wildman–Crippen LogP) is -1.59. The fourth-order valence-electron chi connectivity index (χ4n) is 3.18. The number of rotatable bonds is 6. The molecule has 1 heterocycles. The Kier molecular flexibility index (Phi) is 6.36. The molecular weight excluding hydrogens is 278 g/mol. The Bertz CT molecular complexity index is 476. The summed E-state index contributed by atoms with van der Waals surface area (Å²) in [6.45, 7) is 10.5. The third-order valence-corrected chi connectivity index (χ3v) is 4.34. The molecular formula is C17H29N3O2+2. The molecule has 1 amide bonds. The summed E-state index contributed by atoms with van der Waals surface area (Å²) in [4.78, 5) is 15.1. The molecule has 0 spiro atoms. The number of piperazine rings is 1. The van der Waals surface area contributed by atoms with Gasteiger partial charge in [-0.25, -0.2) is 0 Å². The molecule has 0 bridgehead atoms. The summed E-state index contributed by atoms with van der Waals surface area (Å²) < 4.78 is 0. The van der Waals surface area contributed by atoms with Crippen LogP contribution in [-0.4, -0.2) is 56.9 Å². The van der Waals surface area contributed by atoms with E-state index in [0.29, 0.717) is 6.42 Å². The molecule has 0 unspecified atom stereocenters. The molecule has 122 valence electrons. The molecule has 1 aromatic rings. The molecule has 1 fully saturated rings. The van der Waals surface area contributed by atoms with E-state index in [4.69, 9.17) is 5.11 Å². The van der Waals surface area contributed by atoms with Gasteiger partial charge in [0.2, 0.25) is 5.91 Å². The number of nitrogens with one attached hydrogen (secondary N) is 3. The second kappa shape index (κ2) is 8.27. The van der Waals surface area contributed by atoms with E-state index in [1.165, 1.54) is 20.9 Å². The number of anilines is 1. The van der Waals surface area contributed by atoms with Crippen LogP contribution < -0.4 is 15.1 Å². The normalized spacial score (nSPS) is 21.6. The molecule has 1 aliphatic rings. The maximum Gasteiger partial charge on any atom is 0.230 e. The molecule has 22 heavy (non-hydrogen) atoms. The maximum atomic E-state index is 12.1. The largest absolute Gasteiger partial charge is 0.391 e. The van der Waals surface area contributed by atoms with E-state index in [-0.39, 0.29) is 12.5 Å². The second-order valence-electron chi connectivity index (χ2n) is 6.40. The lowest BCUT2D eigenvalue weighted by molar-refractivity contribution is -1.01. The van der Waals surface area contributed by atoms with Crippen molar-refractivity contribution in [1.82, 2.24) is 0 Å². The molecule has 0 aromatic heterocycles. The van der Waals surface area contributed by atoms with Crippen LogP contribution >= 0.6 is 0 Å². The Morgan fingerprint density at radius 2 is 1.59 bits per heavy atom. The summed E-state index contributed by atoms with van der Waals surface area (Å²) in [5.41, 5.74) is 3.24. The van der Waals surface area contributed by atoms with Crippen molar-refractivity contribution >= 4 is 11.6 Å². The van der Waals surface area contributed by atoms with Crippen molar-refractivity contribution in [3.05, 3.63) is 29.3 Å². The molecule has 5 heteroatoms. The summed E-state index contributed by atoms with van der Waals surface area (Å²) in [5, 5.41) is 12.0. The predicted molar refractivity (Wildman–Crippen MR) is 87.4 cm³/mol. The van der Waals surface area contributed by atoms with Crippen molar-refractivity contribution in [2.45, 2.75) is 20.3 Å². The highest BCUT2D eigenvalue weighted by Crippen LogP contribution is 2.13. The zero-order valence-electron chi connectivity index (χ0n) is 13.7. The minimum atomic E-state index is 0.0997. The molecule has 2 rings (SSSR count). The fraction of sp³-hybridized carbons (Fsp3) is 0.588. The number of amides is 1. The average molecular weight is 307 g/mol. The number of benzene rings is 1. The highest BCUT2D eigenvalue weighted by atomic mass is 16.3. The van der Waals surface area contributed by atoms with Crippen LogP contribution in [0.3, 0.4) is 0 Å². The maximum absolute atomic E-state index is 12.1. The second-order valence-corrected chi connectivity index (χ2v) is 6.40. The average Bonchev–Trinajstić information content (AvgIpc) is 2.46. The SMILES string of the molecule is Cc1cc(C)cc(NC(=O)CC[NH+]2CC[NH+](CCO)CC2)c1. The monoisotopic (exact) mass is 307 g/mol. The number of aliphatic hydroxyl groups is 1. The molecule has 5 nitrogen and oxygen atoms in total. The first-order valence-corrected chi connectivity index (χ1v) is 8.23. The Morgan fingerprint density at radius 1 is 1.05 bits per heavy atom. The van der Waals surface area contributed by atoms with E-state index in [0.717, 1.165) is 45.0 Å². The quantitative estimate of drug-likeness (QED) is 0.512. The zero-order chi connectivity index (χ0) is 15.9. The topological polar surface area (TPSA) is 58.2 Å². The van der Waals surface area contributed by atoms with Gasteiger partial charge >= 0.3 is 0 Å². The molecule has 0 radical (unpaired) electrons. The number of hydrogen-bond donors (Lipinski definition) is 4. The summed E-state index contributed by atoms with van der Waals surface area (Å²) in [7, 11) is 0. The van der Waals surface area contributed by atoms with Crippen molar-refractivity contribution in [2.24, 2.45) is 0 Å². The molecule has 0 aliphatic carbocycles. The van der Waals surface area contributed by atoms with Crippen LogP contribution in [0.1, 0.15) is 17.5 Å². The van der Waals surface area contributed by atoms with Gasteiger partial charge < -0.3 is 20.2 Å². The number of aryl methyl sites for hydroxylation is 2. The first-order valence-electron chi connectivity index (χ1n) is 8.23. The molecule has 0 atom stereocenters. The molecule has 1 saturated heterocycles. The number of hydrogen-bond acceptors (Lipinski definition) is 2. The van der Waals surface area contributed by atoms with E-state index in [1.54, 1.807) is 0 Å². The van der Waals surface area contributed by atoms with E-state index < -0.39 is 0 Å². The molecule has 1 aliphatic heterocycles. The smallest absolute Gasteiger partial charge is 0.230 e. The summed E-state index contributed by atoms with van der Waals surface area (Å²) >= 11 is 0. The Morgan fingerprint density at radius 3 is 2.14 bits per heavy atom. The van der Waals surface area contributed by atoms with Gasteiger partial charge in [-0.05, 0) is 37.1 Å². The van der Waals surface area contributed by atoms with Crippen molar-refractivity contribution in [1.29, 1.82) is 0 Å². The van der Waals surface area contributed by atoms with Crippen LogP contribution in [0.25, 0.3) is 0 Å². The van der Waals surface area contributed by atoms with Crippen molar-refractivity contribution in [3.63, 3.8) is 0 Å². The van der Waals surface area contributed by atoms with E-state index >= 15 is 0 Å². The van der Waals surface area contributed by atoms with Gasteiger partial charge in [0.1, 0.15) is 32.7 Å². The van der Waals surface area contributed by atoms with Crippen LogP contribution in [-0.2, 0) is 4.79 Å². The van der Waals surface area contributed by atoms with Crippen molar-refractivity contribution < 1.29 is 19.7 Å². The van der Waals surface area contributed by atoms with Gasteiger partial charge in [0.25, 0.3) is 0 Å². The van der Waals surface area contributed by atoms with Gasteiger partial charge in [0, 0.05) is 5.69 Å². The standard InChI is InChI=1S/C17H27N3O2/c1-14-11-15(2)13-16(12-14)18-17(22)3-4-19-5-7-20(8-6-19)9-10-21/h11-13,21H,3-10H2,1-2H3,(H,18,22)/p+2. The summed E-state index contributed by atoms with van der Waals surface area (Å²) in [6, 6.07) is 6.12. The number of aliphatic hydroxyl groups excluding tert-OH is 1. The Balaban J connectivity index is 1.72. The summed E-state index contributed by atoms with van der Waals surface area (Å²) in [6.07, 6.45) is 0.567. The minimum Gasteiger partial charge on any atom is -0.391 e. The fourth-order valence-corrected chi connectivity index (χ4v) is 3.18. The van der Waals surface area contributed by atoms with Gasteiger partial charge in [0.15, 0.2) is 0 Å². The Labute approximate surface area is 132 Å². The number of carbonyl (C=O) groups excluding carboxylic acids is 1. The highest BCUT2D eigenvalue weighted by Gasteiger charge is 2.22. The van der Waals surface area contributed by atoms with Crippen LogP contribution in [0.2, 0.25) is 0 Å². The van der Waals surface area contributed by atoms with Crippen LogP contribution in [0.15, 0.2) is 18.2 Å². The zero-order valence-corrected chi connectivity index (χ0v) is 13.7. The third-order valence-electron chi connectivity index (χ3n) is 4.34. The van der Waals surface area contributed by atoms with Crippen molar-refractivity contribution in [3.8, 4) is 0 Å². The van der Waals surface area contributed by atoms with Gasteiger partial charge in [-0.15, -0.1) is 0 Å². The first kappa shape index (κ1) is 16.9. The molecule has 1 aromatic carbocycles. The lowest BCUT2D eigenvalue weighted by Gasteiger charge is -2.29. The minimum absolute atomic E-state index is 0.0997. The molecule has 4 N–H and O–H groups in total. The first-order chi connectivity index (χ1) is 10.6. The summed E-state index contributed by atoms with van der Waals surface area (Å²) in [5.74, 6) is 0.0997. The van der Waals surface area contributed by atoms with E-state index in [2.05, 4.69) is 11.4 Å². The highest BCUT2D eigenvalue weighted by molar-refractivity contribution is 5.90. The Hall–Kier alpha value is -1.43. The van der Waals surface area contributed by atoms with Gasteiger partial charge in [-0.3, -0.25) is 4.79 Å². The number of quaternary nitrogens is 2. The van der Waals surface area contributed by atoms with Crippen LogP contribution in [0, 0.1) is 13.8 Å². The van der Waals surface area contributed by atoms with Gasteiger partial charge in [-0.2, -0.15) is 0 Å².